The molecule has 0 N–H and O–H groups in total. The van der Waals surface area contributed by atoms with E-state index in [4.69, 9.17) is 14.2 Å². The highest BCUT2D eigenvalue weighted by molar-refractivity contribution is 6.13. The molecule has 0 saturated carbocycles. The molecule has 15 heteroatoms. The zero-order valence-corrected chi connectivity index (χ0v) is 51.6. The predicted octanol–water partition coefficient (Wildman–Crippen LogP) is 13.8. The van der Waals surface area contributed by atoms with Crippen molar-refractivity contribution in [3.8, 4) is 0 Å². The second kappa shape index (κ2) is 24.3. The molecule has 15 nitrogen and oxygen atoms in total. The quantitative estimate of drug-likeness (QED) is 0.0640. The van der Waals surface area contributed by atoms with Gasteiger partial charge in [-0.3, -0.25) is 43.5 Å². The molecule has 3 saturated heterocycles. The number of cyclic esters (lactones) is 3. The molecule has 0 bridgehead atoms. The largest absolute Gasteiger partial charge is 0.438 e. The van der Waals surface area contributed by atoms with Crippen LogP contribution in [0.1, 0.15) is 144 Å². The highest BCUT2D eigenvalue weighted by atomic mass is 16.6. The Morgan fingerprint density at radius 3 is 0.744 bits per heavy atom. The summed E-state index contributed by atoms with van der Waals surface area (Å²) in [5.41, 5.74) is -4.89. The van der Waals surface area contributed by atoms with Crippen LogP contribution < -0.4 is 0 Å². The number of nitrogens with zero attached hydrogens (tertiary/aromatic N) is 3. The van der Waals surface area contributed by atoms with E-state index < -0.39 is 51.7 Å². The highest BCUT2D eigenvalue weighted by Gasteiger charge is 2.62. The van der Waals surface area contributed by atoms with Gasteiger partial charge in [-0.25, -0.2) is 14.4 Å². The molecule has 3 fully saturated rings. The lowest BCUT2D eigenvalue weighted by Crippen LogP contribution is -2.56. The van der Waals surface area contributed by atoms with Crippen LogP contribution in [0.4, 0.5) is 0 Å². The van der Waals surface area contributed by atoms with Crippen molar-refractivity contribution in [2.24, 2.45) is 0 Å². The van der Waals surface area contributed by atoms with E-state index in [1.54, 1.807) is 153 Å². The number of hydrogen-bond acceptors (Lipinski definition) is 12. The van der Waals surface area contributed by atoms with Crippen LogP contribution in [0.2, 0.25) is 0 Å². The molecular weight excluding hydrogens is 1130 g/mol. The summed E-state index contributed by atoms with van der Waals surface area (Å²) in [5.74, 6) is -3.42. The monoisotopic (exact) mass is 1200 g/mol. The second-order valence-corrected chi connectivity index (χ2v) is 24.7. The average molecular weight is 1200 g/mol. The van der Waals surface area contributed by atoms with Crippen LogP contribution in [-0.2, 0) is 28.6 Å². The normalized spacial score (nSPS) is 20.2. The summed E-state index contributed by atoms with van der Waals surface area (Å²) in [5, 5.41) is 5.14. The zero-order chi connectivity index (χ0) is 64.6. The van der Waals surface area contributed by atoms with Gasteiger partial charge in [-0.05, 0) is 113 Å². The van der Waals surface area contributed by atoms with E-state index in [0.29, 0.717) is 33.4 Å². The summed E-state index contributed by atoms with van der Waals surface area (Å²) >= 11 is 0. The molecule has 3 aliphatic heterocycles. The lowest BCUT2D eigenvalue weighted by Gasteiger charge is -2.37. The first kappa shape index (κ1) is 62.6. The average Bonchev–Trinajstić information content (AvgIpc) is 1.57. The molecular formula is C75H69N3O12. The van der Waals surface area contributed by atoms with Crippen molar-refractivity contribution in [3.05, 3.63) is 252 Å². The van der Waals surface area contributed by atoms with E-state index in [2.05, 4.69) is 0 Å². The Hall–Kier alpha value is -10.4. The van der Waals surface area contributed by atoms with Gasteiger partial charge in [0.25, 0.3) is 17.7 Å². The molecule has 3 aliphatic rings. The third-order valence-electron chi connectivity index (χ3n) is 16.9. The van der Waals surface area contributed by atoms with Gasteiger partial charge in [-0.2, -0.15) is 0 Å². The Morgan fingerprint density at radius 1 is 0.289 bits per heavy atom. The summed E-state index contributed by atoms with van der Waals surface area (Å²) in [6.45, 7) is 14.9. The van der Waals surface area contributed by atoms with E-state index >= 15 is 0 Å². The number of hydrogen-bond donors (Lipinski definition) is 0. The van der Waals surface area contributed by atoms with Gasteiger partial charge in [0.15, 0.2) is 34.5 Å². The van der Waals surface area contributed by atoms with Crippen LogP contribution in [0.15, 0.2) is 218 Å². The number of carbonyl (C=O) groups is 9. The summed E-state index contributed by atoms with van der Waals surface area (Å²) in [7, 11) is 0. The molecule has 9 aromatic rings. The van der Waals surface area contributed by atoms with Crippen LogP contribution in [0.25, 0.3) is 32.3 Å². The van der Waals surface area contributed by atoms with Gasteiger partial charge >= 0.3 is 17.9 Å². The number of rotatable bonds is 12. The fourth-order valence-electron chi connectivity index (χ4n) is 12.8. The first-order chi connectivity index (χ1) is 42.7. The fraction of sp³-hybridized carbons (Fsp3) is 0.240. The van der Waals surface area contributed by atoms with Crippen molar-refractivity contribution < 1.29 is 57.4 Å². The Bertz CT molecular complexity index is 3880. The first-order valence-corrected chi connectivity index (χ1v) is 29.6. The van der Waals surface area contributed by atoms with Gasteiger partial charge in [0.1, 0.15) is 16.6 Å². The minimum Gasteiger partial charge on any atom is -0.438 e. The molecule has 0 spiro atoms. The van der Waals surface area contributed by atoms with E-state index in [1.165, 1.54) is 14.7 Å². The van der Waals surface area contributed by atoms with Crippen LogP contribution >= 0.6 is 0 Å². The van der Waals surface area contributed by atoms with Gasteiger partial charge in [-0.15, -0.1) is 0 Å². The van der Waals surface area contributed by atoms with Crippen LogP contribution in [0.3, 0.4) is 0 Å². The molecule has 456 valence electrons. The number of benzene rings is 9. The number of ether oxygens (including phenoxy) is 3. The van der Waals surface area contributed by atoms with E-state index in [9.17, 15) is 43.2 Å². The van der Waals surface area contributed by atoms with Gasteiger partial charge in [0, 0.05) is 52.6 Å². The van der Waals surface area contributed by atoms with E-state index in [1.807, 2.05) is 127 Å². The Kier molecular flexibility index (Phi) is 16.9. The van der Waals surface area contributed by atoms with Crippen LogP contribution in [-0.4, -0.2) is 101 Å². The Morgan fingerprint density at radius 2 is 0.500 bits per heavy atom. The lowest BCUT2D eigenvalue weighted by molar-refractivity contribution is -0.150. The molecule has 90 heavy (non-hydrogen) atoms. The standard InChI is InChI=1S/3C25H23NO4/c3*1-24(2)26(22(28)20-15-9-13-17-10-7-8-14-19(17)20)25(3,23(29)30-24)16-21(27)18-11-5-4-6-12-18/h3*4-15H,16H2,1-3H3/t3*25-/m100/s1. The molecule has 0 aliphatic carbocycles. The maximum atomic E-state index is 13.7. The number of amides is 3. The summed E-state index contributed by atoms with van der Waals surface area (Å²) < 4.78 is 16.7. The minimum absolute atomic E-state index is 0.157. The number of ketones is 3. The lowest BCUT2D eigenvalue weighted by atomic mass is 9.89. The van der Waals surface area contributed by atoms with Crippen molar-refractivity contribution in [2.45, 2.75) is 115 Å². The fourth-order valence-corrected chi connectivity index (χ4v) is 12.8. The third-order valence-corrected chi connectivity index (χ3v) is 16.9. The van der Waals surface area contributed by atoms with Gasteiger partial charge in [0.05, 0.1) is 0 Å². The molecule has 3 atom stereocenters. The van der Waals surface area contributed by atoms with Gasteiger partial charge in [-0.1, -0.05) is 200 Å². The summed E-state index contributed by atoms with van der Waals surface area (Å²) in [6, 6.07) is 65.5. The van der Waals surface area contributed by atoms with Crippen LogP contribution in [0, 0.1) is 0 Å². The van der Waals surface area contributed by atoms with E-state index in [-0.39, 0.29) is 54.3 Å². The molecule has 3 heterocycles. The van der Waals surface area contributed by atoms with Crippen molar-refractivity contribution in [1.29, 1.82) is 0 Å². The molecule has 0 unspecified atom stereocenters. The molecule has 12 rings (SSSR count). The number of carbonyl (C=O) groups excluding carboxylic acids is 9. The highest BCUT2D eigenvalue weighted by Crippen LogP contribution is 2.44. The third kappa shape index (κ3) is 11.8. The van der Waals surface area contributed by atoms with Gasteiger partial charge in [0.2, 0.25) is 0 Å². The zero-order valence-electron chi connectivity index (χ0n) is 51.6. The first-order valence-electron chi connectivity index (χ1n) is 29.6. The predicted molar refractivity (Wildman–Crippen MR) is 342 cm³/mol. The minimum atomic E-state index is -1.41. The van der Waals surface area contributed by atoms with E-state index in [0.717, 1.165) is 32.3 Å². The molecule has 9 aromatic carbocycles. The second-order valence-electron chi connectivity index (χ2n) is 24.7. The van der Waals surface area contributed by atoms with Crippen LogP contribution in [0.5, 0.6) is 0 Å². The van der Waals surface area contributed by atoms with Gasteiger partial charge < -0.3 is 14.2 Å². The molecule has 3 amide bonds. The van der Waals surface area contributed by atoms with Crippen molar-refractivity contribution in [3.63, 3.8) is 0 Å². The SMILES string of the molecule is CC1(C)OC(=O)[C@@](C)(CC(=O)c2ccccc2)N1C(=O)c1cccc2ccccc12.CC1(C)OC(=O)[C@](C)(CC(=O)c2ccccc2)N1C(=O)c1cccc2ccccc12.CC1(C)OC(=O)[C@](C)(CC(=O)c2ccccc2)N1C(=O)c1cccc2ccccc12. The number of Topliss-reactive ketones (excluding diaryl/α,β-unsaturated/α-hetero) is 3. The summed E-state index contributed by atoms with van der Waals surface area (Å²) in [4.78, 5) is 123. The van der Waals surface area contributed by atoms with Crippen molar-refractivity contribution >= 4 is 85.3 Å². The number of fused-ring (bicyclic) bond motifs is 3. The Labute approximate surface area is 522 Å². The smallest absolute Gasteiger partial charge is 0.334 e. The summed E-state index contributed by atoms with van der Waals surface area (Å²) in [6.07, 6.45) is -0.471. The van der Waals surface area contributed by atoms with Crippen molar-refractivity contribution in [2.75, 3.05) is 0 Å². The van der Waals surface area contributed by atoms with Crippen molar-refractivity contribution in [1.82, 2.24) is 14.7 Å². The molecule has 0 radical (unpaired) electrons. The molecule has 0 aromatic heterocycles. The Balaban J connectivity index is 0.000000148. The number of esters is 3. The topological polar surface area (TPSA) is 191 Å². The maximum Gasteiger partial charge on any atom is 0.334 e. The maximum absolute atomic E-state index is 13.7.